The lowest BCUT2D eigenvalue weighted by Gasteiger charge is -2.29. The number of nitrogens with zero attached hydrogens (tertiary/aromatic N) is 3. The Hall–Kier alpha value is -2.00. The Morgan fingerprint density at radius 3 is 2.54 bits per heavy atom. The Balaban J connectivity index is 1.53. The fourth-order valence-corrected chi connectivity index (χ4v) is 4.55. The third-order valence-corrected chi connectivity index (χ3v) is 6.22. The highest BCUT2D eigenvalue weighted by Gasteiger charge is 2.36. The zero-order valence-corrected chi connectivity index (χ0v) is 16.4. The van der Waals surface area contributed by atoms with Gasteiger partial charge in [0.1, 0.15) is 10.9 Å². The first-order valence-corrected chi connectivity index (χ1v) is 10.9. The Kier molecular flexibility index (Phi) is 4.91. The third kappa shape index (κ3) is 4.20. The molecule has 0 atom stereocenters. The molecule has 1 aromatic rings. The lowest BCUT2D eigenvalue weighted by atomic mass is 9.94. The van der Waals surface area contributed by atoms with E-state index in [0.717, 1.165) is 0 Å². The van der Waals surface area contributed by atoms with Crippen LogP contribution in [0.4, 0.5) is 8.78 Å². The molecular weight excluding hydrogens is 412 g/mol. The number of hydrazone groups is 1. The number of amidine groups is 1. The van der Waals surface area contributed by atoms with Gasteiger partial charge in [-0.15, -0.1) is 4.40 Å². The molecule has 0 aromatic heterocycles. The van der Waals surface area contributed by atoms with Crippen molar-refractivity contribution in [2.75, 3.05) is 12.3 Å². The normalized spacial score (nSPS) is 24.0. The molecule has 0 bridgehead atoms. The topological polar surface area (TPSA) is 71.3 Å². The molecule has 2 aliphatic heterocycles. The van der Waals surface area contributed by atoms with E-state index in [1.807, 2.05) is 0 Å². The smallest absolute Gasteiger partial charge is 0.256 e. The average molecular weight is 430 g/mol. The molecule has 0 saturated heterocycles. The molecule has 0 amide bonds. The number of halogens is 3. The van der Waals surface area contributed by atoms with Gasteiger partial charge in [-0.25, -0.2) is 22.2 Å². The maximum atomic E-state index is 13.3. The molecule has 0 N–H and O–H groups in total. The van der Waals surface area contributed by atoms with E-state index in [0.29, 0.717) is 29.7 Å². The maximum absolute atomic E-state index is 13.3. The molecule has 28 heavy (non-hydrogen) atoms. The summed E-state index contributed by atoms with van der Waals surface area (Å²) in [4.78, 5) is 0. The Morgan fingerprint density at radius 1 is 1.18 bits per heavy atom. The summed E-state index contributed by atoms with van der Waals surface area (Å²) in [5, 5.41) is 5.82. The predicted octanol–water partition coefficient (Wildman–Crippen LogP) is 3.64. The molecule has 1 saturated carbocycles. The van der Waals surface area contributed by atoms with Crippen LogP contribution in [-0.4, -0.2) is 48.8 Å². The van der Waals surface area contributed by atoms with Crippen LogP contribution in [0.25, 0.3) is 5.57 Å². The second-order valence-corrected chi connectivity index (χ2v) is 9.14. The van der Waals surface area contributed by atoms with Crippen molar-refractivity contribution < 1.29 is 21.9 Å². The molecule has 0 unspecified atom stereocenters. The molecule has 3 aliphatic rings. The molecule has 150 valence electrons. The van der Waals surface area contributed by atoms with E-state index in [4.69, 9.17) is 16.3 Å². The number of hydrogen-bond donors (Lipinski definition) is 0. The van der Waals surface area contributed by atoms with Gasteiger partial charge < -0.3 is 4.74 Å². The van der Waals surface area contributed by atoms with Gasteiger partial charge in [-0.05, 0) is 36.6 Å². The lowest BCUT2D eigenvalue weighted by molar-refractivity contribution is -0.0582. The van der Waals surface area contributed by atoms with E-state index in [1.54, 1.807) is 30.3 Å². The van der Waals surface area contributed by atoms with E-state index in [9.17, 15) is 17.2 Å². The van der Waals surface area contributed by atoms with E-state index >= 15 is 0 Å². The summed E-state index contributed by atoms with van der Waals surface area (Å²) in [5.74, 6) is -1.90. The molecule has 4 rings (SSSR count). The van der Waals surface area contributed by atoms with Crippen LogP contribution in [0.2, 0.25) is 0 Å². The zero-order chi connectivity index (χ0) is 19.9. The van der Waals surface area contributed by atoms with Gasteiger partial charge in [0.25, 0.3) is 10.0 Å². The van der Waals surface area contributed by atoms with Gasteiger partial charge in [-0.2, -0.15) is 5.10 Å². The summed E-state index contributed by atoms with van der Waals surface area (Å²) < 4.78 is 59.9. The Labute approximate surface area is 166 Å². The van der Waals surface area contributed by atoms with Crippen molar-refractivity contribution in [2.24, 2.45) is 9.50 Å². The summed E-state index contributed by atoms with van der Waals surface area (Å²) in [5.41, 5.74) is 1.25. The van der Waals surface area contributed by atoms with Crippen LogP contribution in [-0.2, 0) is 10.0 Å². The fourth-order valence-electron chi connectivity index (χ4n) is 3.40. The minimum absolute atomic E-state index is 0.120. The van der Waals surface area contributed by atoms with Crippen LogP contribution in [0.5, 0.6) is 5.75 Å². The SMILES string of the molecule is O=S1(=O)CCN2N=C(Cl)C=C(c3ccc(OC4CCC(F)(F)CC4)cc3)C2=N1. The summed E-state index contributed by atoms with van der Waals surface area (Å²) in [7, 11) is -3.54. The summed E-state index contributed by atoms with van der Waals surface area (Å²) in [6.07, 6.45) is 1.64. The zero-order valence-electron chi connectivity index (χ0n) is 14.8. The summed E-state index contributed by atoms with van der Waals surface area (Å²) in [6.45, 7) is 0.183. The van der Waals surface area contributed by atoms with E-state index in [-0.39, 0.29) is 42.2 Å². The highest BCUT2D eigenvalue weighted by Crippen LogP contribution is 2.35. The largest absolute Gasteiger partial charge is 0.490 e. The minimum Gasteiger partial charge on any atom is -0.490 e. The van der Waals surface area contributed by atoms with Gasteiger partial charge in [0.2, 0.25) is 5.92 Å². The van der Waals surface area contributed by atoms with Gasteiger partial charge in [0, 0.05) is 18.4 Å². The number of sulfonamides is 1. The van der Waals surface area contributed by atoms with Gasteiger partial charge in [0.15, 0.2) is 5.84 Å². The van der Waals surface area contributed by atoms with Crippen LogP contribution in [0.15, 0.2) is 39.8 Å². The molecule has 6 nitrogen and oxygen atoms in total. The molecule has 1 aromatic carbocycles. The second-order valence-electron chi connectivity index (χ2n) is 7.00. The van der Waals surface area contributed by atoms with E-state index < -0.39 is 15.9 Å². The van der Waals surface area contributed by atoms with Gasteiger partial charge in [-0.1, -0.05) is 23.7 Å². The number of ether oxygens (including phenoxy) is 1. The van der Waals surface area contributed by atoms with Gasteiger partial charge >= 0.3 is 0 Å². The average Bonchev–Trinajstić information content (AvgIpc) is 2.64. The number of rotatable bonds is 3. The molecule has 0 radical (unpaired) electrons. The molecule has 0 spiro atoms. The van der Waals surface area contributed by atoms with Crippen molar-refractivity contribution in [2.45, 2.75) is 37.7 Å². The molecule has 1 aliphatic carbocycles. The number of hydrogen-bond acceptors (Lipinski definition) is 5. The predicted molar refractivity (Wildman–Crippen MR) is 103 cm³/mol. The van der Waals surface area contributed by atoms with Crippen LogP contribution >= 0.6 is 11.6 Å². The number of allylic oxidation sites excluding steroid dienone is 1. The van der Waals surface area contributed by atoms with Gasteiger partial charge in [-0.3, -0.25) is 0 Å². The first-order valence-electron chi connectivity index (χ1n) is 8.92. The fraction of sp³-hybridized carbons (Fsp3) is 0.444. The molecule has 1 fully saturated rings. The van der Waals surface area contributed by atoms with Crippen molar-refractivity contribution in [1.82, 2.24) is 5.01 Å². The van der Waals surface area contributed by atoms with Crippen LogP contribution in [0, 0.1) is 0 Å². The first kappa shape index (κ1) is 19.3. The van der Waals surface area contributed by atoms with Crippen LogP contribution in [0.1, 0.15) is 31.2 Å². The first-order chi connectivity index (χ1) is 13.2. The quantitative estimate of drug-likeness (QED) is 0.735. The monoisotopic (exact) mass is 429 g/mol. The highest BCUT2D eigenvalue weighted by molar-refractivity contribution is 7.90. The highest BCUT2D eigenvalue weighted by atomic mass is 35.5. The Bertz CT molecular complexity index is 964. The summed E-state index contributed by atoms with van der Waals surface area (Å²) in [6, 6.07) is 6.97. The third-order valence-electron chi connectivity index (χ3n) is 4.88. The molecule has 2 heterocycles. The van der Waals surface area contributed by atoms with Crippen molar-refractivity contribution in [3.05, 3.63) is 35.9 Å². The maximum Gasteiger partial charge on any atom is 0.256 e. The van der Waals surface area contributed by atoms with Crippen LogP contribution in [0.3, 0.4) is 0 Å². The number of alkyl halides is 2. The number of fused-ring (bicyclic) bond motifs is 1. The van der Waals surface area contributed by atoms with Gasteiger partial charge in [0.05, 0.1) is 18.4 Å². The van der Waals surface area contributed by atoms with Crippen molar-refractivity contribution in [3.63, 3.8) is 0 Å². The second kappa shape index (κ2) is 7.11. The van der Waals surface area contributed by atoms with Crippen molar-refractivity contribution >= 4 is 38.2 Å². The minimum atomic E-state index is -3.54. The standard InChI is InChI=1S/C18H18ClF2N3O3S/c19-16-11-15(17-23-28(25,26)10-9-24(17)22-16)12-1-3-13(4-2-12)27-14-5-7-18(20,21)8-6-14/h1-4,11,14H,5-10H2. The van der Waals surface area contributed by atoms with Crippen molar-refractivity contribution in [1.29, 1.82) is 0 Å². The number of benzene rings is 1. The van der Waals surface area contributed by atoms with E-state index in [1.165, 1.54) is 5.01 Å². The van der Waals surface area contributed by atoms with Crippen molar-refractivity contribution in [3.8, 4) is 5.75 Å². The lowest BCUT2D eigenvalue weighted by Crippen LogP contribution is -2.38. The Morgan fingerprint density at radius 2 is 1.86 bits per heavy atom. The molecule has 10 heteroatoms. The summed E-state index contributed by atoms with van der Waals surface area (Å²) >= 11 is 6.08. The molecular formula is C18H18ClF2N3O3S. The van der Waals surface area contributed by atoms with Crippen LogP contribution < -0.4 is 4.74 Å². The van der Waals surface area contributed by atoms with E-state index in [2.05, 4.69) is 9.50 Å².